The molecule has 0 bridgehead atoms. The Kier molecular flexibility index (Phi) is 8.49. The van der Waals surface area contributed by atoms with Crippen LogP contribution in [-0.4, -0.2) is 26.2 Å². The van der Waals surface area contributed by atoms with Crippen molar-refractivity contribution in [1.82, 2.24) is 0 Å². The van der Waals surface area contributed by atoms with Crippen LogP contribution in [0.4, 0.5) is 18.9 Å². The number of methoxy groups -OCH3 is 1. The monoisotopic (exact) mass is 481 g/mol. The van der Waals surface area contributed by atoms with Crippen molar-refractivity contribution in [2.75, 3.05) is 25.6 Å². The van der Waals surface area contributed by atoms with Gasteiger partial charge in [-0.1, -0.05) is 18.2 Å². The fourth-order valence-electron chi connectivity index (χ4n) is 2.02. The van der Waals surface area contributed by atoms with Crippen molar-refractivity contribution < 1.29 is 22.6 Å². The molecule has 0 spiro atoms. The molecule has 0 unspecified atom stereocenters. The highest BCUT2D eigenvalue weighted by Crippen LogP contribution is 2.31. The normalized spacial score (nSPS) is 11.5. The van der Waals surface area contributed by atoms with E-state index in [4.69, 9.17) is 15.2 Å². The van der Waals surface area contributed by atoms with Gasteiger partial charge in [-0.25, -0.2) is 4.99 Å². The molecule has 2 aromatic carbocycles. The third-order valence-corrected chi connectivity index (χ3v) is 3.17. The van der Waals surface area contributed by atoms with E-state index in [0.717, 1.165) is 12.1 Å². The molecule has 0 fully saturated rings. The standard InChI is InChI=1S/C17H18F3N3O2.HI/c1-24-15-8-3-2-7-14(15)23-16(21)22-9-10-25-13-6-4-5-12(11-13)17(18,19)20;/h2-8,11H,9-10H2,1H3,(H3,21,22,23);1H. The number of nitrogens with two attached hydrogens (primary N) is 1. The minimum absolute atomic E-state index is 0. The summed E-state index contributed by atoms with van der Waals surface area (Å²) in [5, 5.41) is 2.89. The van der Waals surface area contributed by atoms with Gasteiger partial charge in [0.25, 0.3) is 0 Å². The summed E-state index contributed by atoms with van der Waals surface area (Å²) in [7, 11) is 1.54. The average Bonchev–Trinajstić information content (AvgIpc) is 2.59. The molecule has 2 aromatic rings. The van der Waals surface area contributed by atoms with E-state index in [9.17, 15) is 13.2 Å². The average molecular weight is 481 g/mol. The number of rotatable bonds is 6. The second-order valence-corrected chi connectivity index (χ2v) is 4.97. The zero-order valence-corrected chi connectivity index (χ0v) is 16.2. The lowest BCUT2D eigenvalue weighted by Crippen LogP contribution is -2.23. The molecular weight excluding hydrogens is 462 g/mol. The third-order valence-electron chi connectivity index (χ3n) is 3.17. The molecule has 0 saturated heterocycles. The number of para-hydroxylation sites is 2. The van der Waals surface area contributed by atoms with Gasteiger partial charge in [-0.05, 0) is 30.3 Å². The van der Waals surface area contributed by atoms with Gasteiger partial charge in [0.2, 0.25) is 0 Å². The number of nitrogens with one attached hydrogen (secondary N) is 1. The first-order chi connectivity index (χ1) is 11.9. The van der Waals surface area contributed by atoms with Gasteiger partial charge in [-0.2, -0.15) is 13.2 Å². The van der Waals surface area contributed by atoms with Gasteiger partial charge < -0.3 is 20.5 Å². The van der Waals surface area contributed by atoms with Crippen LogP contribution in [0, 0.1) is 0 Å². The molecule has 9 heteroatoms. The molecule has 0 heterocycles. The van der Waals surface area contributed by atoms with Crippen molar-refractivity contribution in [3.05, 3.63) is 54.1 Å². The Morgan fingerprint density at radius 1 is 1.15 bits per heavy atom. The van der Waals surface area contributed by atoms with Crippen LogP contribution in [0.5, 0.6) is 11.5 Å². The van der Waals surface area contributed by atoms with Crippen molar-refractivity contribution in [1.29, 1.82) is 0 Å². The maximum Gasteiger partial charge on any atom is 0.416 e. The van der Waals surface area contributed by atoms with E-state index in [2.05, 4.69) is 10.3 Å². The molecule has 0 amide bonds. The Hall–Kier alpha value is -2.17. The van der Waals surface area contributed by atoms with Crippen LogP contribution < -0.4 is 20.5 Å². The third kappa shape index (κ3) is 6.62. The fraction of sp³-hybridized carbons (Fsp3) is 0.235. The Bertz CT molecular complexity index is 739. The predicted octanol–water partition coefficient (Wildman–Crippen LogP) is 4.14. The molecule has 2 rings (SSSR count). The summed E-state index contributed by atoms with van der Waals surface area (Å²) in [6, 6.07) is 11.9. The molecular formula is C17H19F3IN3O2. The summed E-state index contributed by atoms with van der Waals surface area (Å²) in [6.07, 6.45) is -4.40. The minimum atomic E-state index is -4.40. The van der Waals surface area contributed by atoms with Gasteiger partial charge in [0.15, 0.2) is 5.96 Å². The Morgan fingerprint density at radius 3 is 2.58 bits per heavy atom. The SMILES string of the molecule is COc1ccccc1NC(N)=NCCOc1cccc(C(F)(F)F)c1.I. The van der Waals surface area contributed by atoms with E-state index in [1.165, 1.54) is 19.2 Å². The lowest BCUT2D eigenvalue weighted by atomic mass is 10.2. The summed E-state index contributed by atoms with van der Waals surface area (Å²) in [5.41, 5.74) is 5.67. The highest BCUT2D eigenvalue weighted by Gasteiger charge is 2.30. The number of anilines is 1. The number of hydrogen-bond donors (Lipinski definition) is 2. The van der Waals surface area contributed by atoms with Gasteiger partial charge in [0, 0.05) is 0 Å². The van der Waals surface area contributed by atoms with Gasteiger partial charge in [-0.15, -0.1) is 24.0 Å². The van der Waals surface area contributed by atoms with E-state index >= 15 is 0 Å². The Balaban J connectivity index is 0.00000338. The summed E-state index contributed by atoms with van der Waals surface area (Å²) in [4.78, 5) is 4.06. The van der Waals surface area contributed by atoms with Gasteiger partial charge in [0.05, 0.1) is 24.9 Å². The smallest absolute Gasteiger partial charge is 0.416 e. The first-order valence-electron chi connectivity index (χ1n) is 7.40. The molecule has 3 N–H and O–H groups in total. The molecule has 0 aliphatic rings. The molecule has 26 heavy (non-hydrogen) atoms. The van der Waals surface area contributed by atoms with E-state index in [1.807, 2.05) is 12.1 Å². The molecule has 0 aliphatic heterocycles. The first kappa shape index (κ1) is 21.9. The second-order valence-electron chi connectivity index (χ2n) is 4.97. The molecule has 0 aliphatic carbocycles. The van der Waals surface area contributed by atoms with Crippen LogP contribution in [-0.2, 0) is 6.18 Å². The summed E-state index contributed by atoms with van der Waals surface area (Å²) < 4.78 is 48.3. The topological polar surface area (TPSA) is 68.9 Å². The zero-order valence-electron chi connectivity index (χ0n) is 13.9. The lowest BCUT2D eigenvalue weighted by Gasteiger charge is -2.11. The van der Waals surface area contributed by atoms with Crippen molar-refractivity contribution in [2.24, 2.45) is 10.7 Å². The van der Waals surface area contributed by atoms with Crippen LogP contribution in [0.3, 0.4) is 0 Å². The van der Waals surface area contributed by atoms with Gasteiger partial charge in [0.1, 0.15) is 18.1 Å². The van der Waals surface area contributed by atoms with Gasteiger partial charge in [-0.3, -0.25) is 0 Å². The highest BCUT2D eigenvalue weighted by molar-refractivity contribution is 14.0. The maximum absolute atomic E-state index is 12.6. The molecule has 0 radical (unpaired) electrons. The van der Waals surface area contributed by atoms with E-state index in [0.29, 0.717) is 11.4 Å². The highest BCUT2D eigenvalue weighted by atomic mass is 127. The van der Waals surface area contributed by atoms with E-state index < -0.39 is 11.7 Å². The number of ether oxygens (including phenoxy) is 2. The second kappa shape index (κ2) is 10.1. The number of benzene rings is 2. The number of nitrogens with zero attached hydrogens (tertiary/aromatic N) is 1. The Morgan fingerprint density at radius 2 is 1.88 bits per heavy atom. The summed E-state index contributed by atoms with van der Waals surface area (Å²) in [6.45, 7) is 0.278. The number of halogens is 4. The number of alkyl halides is 3. The number of aliphatic imine (C=N–C) groups is 1. The molecule has 0 saturated carbocycles. The van der Waals surface area contributed by atoms with Crippen LogP contribution in [0.2, 0.25) is 0 Å². The zero-order chi connectivity index (χ0) is 18.3. The van der Waals surface area contributed by atoms with Gasteiger partial charge >= 0.3 is 6.18 Å². The fourth-order valence-corrected chi connectivity index (χ4v) is 2.02. The van der Waals surface area contributed by atoms with Crippen molar-refractivity contribution >= 4 is 35.6 Å². The molecule has 142 valence electrons. The minimum Gasteiger partial charge on any atom is -0.495 e. The largest absolute Gasteiger partial charge is 0.495 e. The molecule has 0 atom stereocenters. The van der Waals surface area contributed by atoms with Crippen LogP contribution in [0.1, 0.15) is 5.56 Å². The quantitative estimate of drug-likeness (QED) is 0.282. The lowest BCUT2D eigenvalue weighted by molar-refractivity contribution is -0.137. The predicted molar refractivity (Wildman–Crippen MR) is 105 cm³/mol. The molecule has 5 nitrogen and oxygen atoms in total. The van der Waals surface area contributed by atoms with Crippen molar-refractivity contribution in [3.8, 4) is 11.5 Å². The maximum atomic E-state index is 12.6. The number of hydrogen-bond acceptors (Lipinski definition) is 3. The van der Waals surface area contributed by atoms with Crippen molar-refractivity contribution in [2.45, 2.75) is 6.18 Å². The number of guanidine groups is 1. The van der Waals surface area contributed by atoms with Crippen molar-refractivity contribution in [3.63, 3.8) is 0 Å². The summed E-state index contributed by atoms with van der Waals surface area (Å²) >= 11 is 0. The Labute approximate surface area is 166 Å². The van der Waals surface area contributed by atoms with Crippen LogP contribution in [0.25, 0.3) is 0 Å². The molecule has 0 aromatic heterocycles. The van der Waals surface area contributed by atoms with E-state index in [1.54, 1.807) is 12.1 Å². The van der Waals surface area contributed by atoms with Crippen LogP contribution >= 0.6 is 24.0 Å². The summed E-state index contributed by atoms with van der Waals surface area (Å²) in [5.74, 6) is 0.888. The van der Waals surface area contributed by atoms with Crippen LogP contribution in [0.15, 0.2) is 53.5 Å². The first-order valence-corrected chi connectivity index (χ1v) is 7.40. The van der Waals surface area contributed by atoms with E-state index in [-0.39, 0.29) is 48.8 Å².